The Kier molecular flexibility index (Phi) is 4.70. The van der Waals surface area contributed by atoms with E-state index in [0.717, 1.165) is 12.1 Å². The van der Waals surface area contributed by atoms with Crippen LogP contribution in [0.4, 0.5) is 13.2 Å². The van der Waals surface area contributed by atoms with Crippen molar-refractivity contribution in [3.8, 4) is 0 Å². The van der Waals surface area contributed by atoms with Gasteiger partial charge in [0.15, 0.2) is 0 Å². The second kappa shape index (κ2) is 5.98. The monoisotopic (exact) mass is 326 g/mol. The molecule has 0 spiro atoms. The summed E-state index contributed by atoms with van der Waals surface area (Å²) in [6.07, 6.45) is -0.626. The number of alkyl halides is 3. The fourth-order valence-electron chi connectivity index (χ4n) is 2.24. The van der Waals surface area contributed by atoms with Gasteiger partial charge in [-0.2, -0.15) is 13.2 Å². The van der Waals surface area contributed by atoms with Gasteiger partial charge in [0.2, 0.25) is 0 Å². The number of hydrogen-bond acceptors (Lipinski definition) is 2. The largest absolute Gasteiger partial charge is 0.464 e. The fourth-order valence-corrected chi connectivity index (χ4v) is 2.24. The molecule has 0 aliphatic carbocycles. The van der Waals surface area contributed by atoms with E-state index in [1.165, 1.54) is 12.1 Å². The van der Waals surface area contributed by atoms with Crippen molar-refractivity contribution in [1.29, 1.82) is 0 Å². The highest BCUT2D eigenvalue weighted by Crippen LogP contribution is 2.40. The minimum absolute atomic E-state index is 0.0154. The third-order valence-electron chi connectivity index (χ3n) is 4.53. The Morgan fingerprint density at radius 2 is 1.48 bits per heavy atom. The van der Waals surface area contributed by atoms with Gasteiger partial charge in [0.1, 0.15) is 0 Å². The third kappa shape index (κ3) is 3.99. The van der Waals surface area contributed by atoms with Crippen LogP contribution >= 0.6 is 0 Å². The van der Waals surface area contributed by atoms with Gasteiger partial charge < -0.3 is 9.31 Å². The minimum Gasteiger partial charge on any atom is -0.403 e. The predicted molar refractivity (Wildman–Crippen MR) is 86.0 cm³/mol. The molecule has 0 amide bonds. The molecule has 1 saturated heterocycles. The van der Waals surface area contributed by atoms with Crippen LogP contribution in [0, 0.1) is 0 Å². The van der Waals surface area contributed by atoms with Crippen LogP contribution in [0.25, 0.3) is 6.08 Å². The molecule has 1 atom stereocenters. The lowest BCUT2D eigenvalue weighted by molar-refractivity contribution is -0.137. The van der Waals surface area contributed by atoms with E-state index < -0.39 is 22.9 Å². The van der Waals surface area contributed by atoms with Gasteiger partial charge in [-0.3, -0.25) is 0 Å². The van der Waals surface area contributed by atoms with Crippen molar-refractivity contribution >= 4 is 13.2 Å². The van der Waals surface area contributed by atoms with Gasteiger partial charge in [0.25, 0.3) is 0 Å². The summed E-state index contributed by atoms with van der Waals surface area (Å²) in [6, 6.07) is 5.07. The molecule has 0 radical (unpaired) electrons. The Labute approximate surface area is 135 Å². The first-order valence-corrected chi connectivity index (χ1v) is 7.63. The van der Waals surface area contributed by atoms with E-state index in [4.69, 9.17) is 9.31 Å². The maximum Gasteiger partial charge on any atom is 0.464 e. The highest BCUT2D eigenvalue weighted by atomic mass is 19.4. The lowest BCUT2D eigenvalue weighted by Crippen LogP contribution is -2.41. The number of halogens is 3. The molecule has 1 fully saturated rings. The molecular weight excluding hydrogens is 304 g/mol. The van der Waals surface area contributed by atoms with Crippen molar-refractivity contribution in [3.63, 3.8) is 0 Å². The molecule has 2 nitrogen and oxygen atoms in total. The van der Waals surface area contributed by atoms with E-state index in [0.29, 0.717) is 5.56 Å². The first-order valence-electron chi connectivity index (χ1n) is 7.63. The van der Waals surface area contributed by atoms with Gasteiger partial charge in [-0.1, -0.05) is 31.2 Å². The van der Waals surface area contributed by atoms with Crippen LogP contribution < -0.4 is 0 Å². The minimum atomic E-state index is -4.31. The summed E-state index contributed by atoms with van der Waals surface area (Å²) in [5, 5.41) is 0. The smallest absolute Gasteiger partial charge is 0.403 e. The van der Waals surface area contributed by atoms with Gasteiger partial charge in [0, 0.05) is 5.82 Å². The predicted octanol–water partition coefficient (Wildman–Crippen LogP) is 5.20. The molecule has 1 aromatic rings. The Morgan fingerprint density at radius 3 is 1.91 bits per heavy atom. The summed E-state index contributed by atoms with van der Waals surface area (Å²) in [5.41, 5.74) is -0.725. The molecule has 2 rings (SSSR count). The van der Waals surface area contributed by atoms with Crippen molar-refractivity contribution in [2.75, 3.05) is 0 Å². The molecule has 0 N–H and O–H groups in total. The molecule has 1 aliphatic rings. The molecular formula is C17H22BF3O2. The Hall–Kier alpha value is -1.27. The molecule has 0 bridgehead atoms. The molecule has 0 saturated carbocycles. The molecule has 1 unspecified atom stereocenters. The van der Waals surface area contributed by atoms with Gasteiger partial charge in [0.05, 0.1) is 16.8 Å². The van der Waals surface area contributed by atoms with E-state index in [-0.39, 0.29) is 12.9 Å². The van der Waals surface area contributed by atoms with Crippen LogP contribution in [-0.2, 0) is 15.5 Å². The summed E-state index contributed by atoms with van der Waals surface area (Å²) in [5.74, 6) is -0.0154. The molecule has 1 heterocycles. The molecule has 1 aromatic carbocycles. The van der Waals surface area contributed by atoms with E-state index in [2.05, 4.69) is 0 Å². The summed E-state index contributed by atoms with van der Waals surface area (Å²) in [7, 11) is -0.370. The van der Waals surface area contributed by atoms with E-state index in [1.54, 1.807) is 6.08 Å². The maximum atomic E-state index is 12.5. The topological polar surface area (TPSA) is 18.5 Å². The second-order valence-electron chi connectivity index (χ2n) is 6.96. The summed E-state index contributed by atoms with van der Waals surface area (Å²) < 4.78 is 49.5. The van der Waals surface area contributed by atoms with E-state index in [1.807, 2.05) is 40.7 Å². The molecule has 1 aliphatic heterocycles. The average molecular weight is 326 g/mol. The van der Waals surface area contributed by atoms with Crippen molar-refractivity contribution in [3.05, 3.63) is 41.5 Å². The maximum absolute atomic E-state index is 12.5. The van der Waals surface area contributed by atoms with Crippen LogP contribution in [0.5, 0.6) is 0 Å². The number of hydrogen-bond donors (Lipinski definition) is 0. The lowest BCUT2D eigenvalue weighted by Gasteiger charge is -2.32. The van der Waals surface area contributed by atoms with Gasteiger partial charge >= 0.3 is 13.3 Å². The zero-order valence-corrected chi connectivity index (χ0v) is 14.1. The SMILES string of the molecule is CC(/C=C\c1ccc(C(F)(F)F)cc1)B1OC(C)(C)C(C)(C)O1. The summed E-state index contributed by atoms with van der Waals surface area (Å²) >= 11 is 0. The van der Waals surface area contributed by atoms with Crippen LogP contribution in [0.3, 0.4) is 0 Å². The van der Waals surface area contributed by atoms with Crippen LogP contribution in [-0.4, -0.2) is 18.3 Å². The van der Waals surface area contributed by atoms with Gasteiger partial charge in [-0.05, 0) is 45.4 Å². The van der Waals surface area contributed by atoms with Crippen molar-refractivity contribution in [1.82, 2.24) is 0 Å². The highest BCUT2D eigenvalue weighted by molar-refractivity contribution is 6.48. The van der Waals surface area contributed by atoms with Crippen molar-refractivity contribution in [2.24, 2.45) is 0 Å². The van der Waals surface area contributed by atoms with Gasteiger partial charge in [-0.15, -0.1) is 0 Å². The normalized spacial score (nSPS) is 21.8. The number of allylic oxidation sites excluding steroid dienone is 1. The van der Waals surface area contributed by atoms with E-state index >= 15 is 0 Å². The molecule has 23 heavy (non-hydrogen) atoms. The second-order valence-corrected chi connectivity index (χ2v) is 6.96. The van der Waals surface area contributed by atoms with Crippen molar-refractivity contribution < 1.29 is 22.5 Å². The van der Waals surface area contributed by atoms with Crippen LogP contribution in [0.1, 0.15) is 45.7 Å². The van der Waals surface area contributed by atoms with Crippen molar-refractivity contribution in [2.45, 2.75) is 57.8 Å². The number of benzene rings is 1. The lowest BCUT2D eigenvalue weighted by atomic mass is 9.73. The van der Waals surface area contributed by atoms with Crippen LogP contribution in [0.15, 0.2) is 30.3 Å². The Bertz CT molecular complexity index is 560. The standard InChI is InChI=1S/C17H22BF3O2/c1-12(18-22-15(2,3)16(4,5)23-18)6-7-13-8-10-14(11-9-13)17(19,20)21/h6-12H,1-5H3/b7-6-. The average Bonchev–Trinajstić information content (AvgIpc) is 2.64. The summed E-state index contributed by atoms with van der Waals surface area (Å²) in [4.78, 5) is 0. The molecule has 126 valence electrons. The van der Waals surface area contributed by atoms with Crippen LogP contribution in [0.2, 0.25) is 5.82 Å². The summed E-state index contributed by atoms with van der Waals surface area (Å²) in [6.45, 7) is 9.90. The Morgan fingerprint density at radius 1 is 1.00 bits per heavy atom. The zero-order valence-electron chi connectivity index (χ0n) is 14.1. The Balaban J connectivity index is 2.03. The first kappa shape index (κ1) is 18.1. The number of rotatable bonds is 3. The quantitative estimate of drug-likeness (QED) is 0.711. The molecule has 0 aromatic heterocycles. The van der Waals surface area contributed by atoms with E-state index in [9.17, 15) is 13.2 Å². The first-order chi connectivity index (χ1) is 10.4. The molecule has 6 heteroatoms. The third-order valence-corrected chi connectivity index (χ3v) is 4.53. The zero-order chi connectivity index (χ0) is 17.5. The fraction of sp³-hybridized carbons (Fsp3) is 0.529. The van der Waals surface area contributed by atoms with Gasteiger partial charge in [-0.25, -0.2) is 0 Å². The highest BCUT2D eigenvalue weighted by Gasteiger charge is 2.52.